The zero-order valence-electron chi connectivity index (χ0n) is 17.6. The summed E-state index contributed by atoms with van der Waals surface area (Å²) in [5.41, 5.74) is 1.22. The smallest absolute Gasteiger partial charge is 0.147 e. The first-order valence-corrected chi connectivity index (χ1v) is 27.8. The molecule has 0 aliphatic heterocycles. The van der Waals surface area contributed by atoms with Crippen LogP contribution >= 0.6 is 24.8 Å². The van der Waals surface area contributed by atoms with E-state index in [0.29, 0.717) is 0 Å². The van der Waals surface area contributed by atoms with Crippen molar-refractivity contribution in [1.82, 2.24) is 4.98 Å². The number of aromatic nitrogens is 1. The molecule has 0 radical (unpaired) electrons. The molecule has 0 amide bonds. The van der Waals surface area contributed by atoms with Crippen LogP contribution in [0, 0.1) is 0 Å². The standard InChI is InChI=1S/C8H6N.C5H5.C3H6.6CH3.2ClH.Zr/c1-2-4-8-7(3-1)5-6-9-8;1-2-4-5-3-1;1-3-2;;;;;;;;;/h1-5,9H;1-3H,4H2;1-2H3;6*1H3;2*1H;. The molecule has 0 spiro atoms. The SMILES string of the molecule is C[C](C)=[Zr]([CH3])([CH3])([CH3])([CH3])([CH3])([CH3])([C]1=CC=CC1)[c]1cc2ccccc2[nH]1.Cl.Cl. The number of aromatic amines is 1. The number of H-pyrrole nitrogens is 1. The maximum atomic E-state index is 3.88. The van der Waals surface area contributed by atoms with Crippen molar-refractivity contribution < 1.29 is 12.4 Å². The molecule has 0 atom stereocenters. The number of hydrogen-bond acceptors (Lipinski definition) is 0. The van der Waals surface area contributed by atoms with Crippen molar-refractivity contribution in [2.24, 2.45) is 0 Å². The number of fused-ring (bicyclic) bond motifs is 1. The van der Waals surface area contributed by atoms with Crippen LogP contribution in [0.2, 0.25) is 27.8 Å². The van der Waals surface area contributed by atoms with Gasteiger partial charge in [0.05, 0.1) is 0 Å². The first-order chi connectivity index (χ1) is 10.3. The largest absolute Gasteiger partial charge is 0.147 e. The normalized spacial score (nSPS) is 22.2. The predicted molar refractivity (Wildman–Crippen MR) is 126 cm³/mol. The maximum absolute atomic E-state index is 5.53. The average molecular weight is 478 g/mol. The minimum atomic E-state index is -5.53. The molecule has 1 N–H and O–H groups in total. The average Bonchev–Trinajstić information content (AvgIpc) is 3.08. The Labute approximate surface area is 158 Å². The van der Waals surface area contributed by atoms with E-state index in [1.165, 1.54) is 17.5 Å². The molecule has 1 aliphatic rings. The van der Waals surface area contributed by atoms with Gasteiger partial charge in [0.25, 0.3) is 0 Å². The molecule has 1 nitrogen and oxygen atoms in total. The fraction of sp³-hybridized carbons (Fsp3) is 0.409. The number of allylic oxidation sites excluding steroid dienone is 4. The van der Waals surface area contributed by atoms with Crippen molar-refractivity contribution in [2.75, 3.05) is 0 Å². The van der Waals surface area contributed by atoms with E-state index in [0.717, 1.165) is 6.42 Å². The molecular weight excluding hydrogens is 440 g/mol. The minimum absolute atomic E-state index is 0. The van der Waals surface area contributed by atoms with E-state index in [4.69, 9.17) is 0 Å². The molecule has 26 heavy (non-hydrogen) atoms. The van der Waals surface area contributed by atoms with Crippen LogP contribution in [0.5, 0.6) is 0 Å². The summed E-state index contributed by atoms with van der Waals surface area (Å²) in [6.45, 7) is 4.69. The van der Waals surface area contributed by atoms with E-state index in [9.17, 15) is 0 Å². The summed E-state index contributed by atoms with van der Waals surface area (Å²) < 4.78 is 20.0. The monoisotopic (exact) mass is 475 g/mol. The molecule has 1 heterocycles. The van der Waals surface area contributed by atoms with Crippen molar-refractivity contribution in [3.63, 3.8) is 0 Å². The summed E-state index contributed by atoms with van der Waals surface area (Å²) in [5.74, 6) is 0. The van der Waals surface area contributed by atoms with Gasteiger partial charge in [-0.15, -0.1) is 24.8 Å². The van der Waals surface area contributed by atoms with Crippen molar-refractivity contribution in [1.29, 1.82) is 0 Å². The van der Waals surface area contributed by atoms with Gasteiger partial charge in [0.1, 0.15) is 0 Å². The summed E-state index contributed by atoms with van der Waals surface area (Å²) in [4.78, 5) is 3.88. The third-order valence-electron chi connectivity index (χ3n) is 9.93. The Hall–Kier alpha value is -0.427. The summed E-state index contributed by atoms with van der Waals surface area (Å²) in [5, 5.41) is 1.29. The summed E-state index contributed by atoms with van der Waals surface area (Å²) >= 11 is -5.53. The second-order valence-electron chi connectivity index (χ2n) is 17.0. The van der Waals surface area contributed by atoms with Crippen molar-refractivity contribution in [3.05, 3.63) is 51.8 Å². The second kappa shape index (κ2) is 3.72. The van der Waals surface area contributed by atoms with Gasteiger partial charge in [-0.05, 0) is 0 Å². The topological polar surface area (TPSA) is 15.8 Å². The van der Waals surface area contributed by atoms with Gasteiger partial charge in [-0.3, -0.25) is 0 Å². The Bertz CT molecular complexity index is 1130. The van der Waals surface area contributed by atoms with Crippen LogP contribution in [0.4, 0.5) is 0 Å². The van der Waals surface area contributed by atoms with Crippen LogP contribution in [-0.2, 0) is 12.4 Å². The third-order valence-corrected chi connectivity index (χ3v) is 49.0. The van der Waals surface area contributed by atoms with Gasteiger partial charge >= 0.3 is 135 Å². The first-order valence-electron chi connectivity index (χ1n) is 9.37. The Kier molecular flexibility index (Phi) is 3.38. The predicted octanol–water partition coefficient (Wildman–Crippen LogP) is 7.81. The second-order valence-corrected chi connectivity index (χ2v) is 83.2. The molecule has 4 heteroatoms. The molecule has 0 saturated heterocycles. The van der Waals surface area contributed by atoms with E-state index in [2.05, 4.69) is 95.2 Å². The van der Waals surface area contributed by atoms with Crippen molar-refractivity contribution in [3.8, 4) is 0 Å². The van der Waals surface area contributed by atoms with Gasteiger partial charge in [-0.1, -0.05) is 0 Å². The number of hydrogen-bond donors (Lipinski definition) is 1. The van der Waals surface area contributed by atoms with Crippen LogP contribution < -0.4 is 3.40 Å². The van der Waals surface area contributed by atoms with Crippen molar-refractivity contribution in [2.45, 2.75) is 48.1 Å². The van der Waals surface area contributed by atoms with E-state index in [-0.39, 0.29) is 24.8 Å². The number of nitrogens with one attached hydrogen (secondary N) is 1. The molecule has 148 valence electrons. The van der Waals surface area contributed by atoms with E-state index in [1.807, 2.05) is 0 Å². The summed E-state index contributed by atoms with van der Waals surface area (Å²) in [6, 6.07) is 11.0. The summed E-state index contributed by atoms with van der Waals surface area (Å²) in [7, 11) is 0. The molecule has 1 aliphatic carbocycles. The van der Waals surface area contributed by atoms with Crippen LogP contribution in [-0.4, -0.2) is 8.19 Å². The van der Waals surface area contributed by atoms with E-state index >= 15 is 0 Å². The Morgan fingerprint density at radius 3 is 1.96 bits per heavy atom. The number of benzene rings is 1. The Balaban J connectivity index is 0.00000169. The third kappa shape index (κ3) is 2.22. The molecule has 1 aromatic heterocycles. The fourth-order valence-electron chi connectivity index (χ4n) is 4.52. The number of para-hydroxylation sites is 1. The molecule has 0 unspecified atom stereocenters. The van der Waals surface area contributed by atoms with Gasteiger partial charge in [-0.2, -0.15) is 0 Å². The molecule has 3 rings (SSSR count). The van der Waals surface area contributed by atoms with Crippen LogP contribution in [0.25, 0.3) is 10.9 Å². The van der Waals surface area contributed by atoms with Crippen molar-refractivity contribution >= 4 is 42.3 Å². The van der Waals surface area contributed by atoms with E-state index < -0.39 is 12.4 Å². The Morgan fingerprint density at radius 1 is 0.923 bits per heavy atom. The number of halogens is 2. The van der Waals surface area contributed by atoms with Crippen LogP contribution in [0.3, 0.4) is 0 Å². The van der Waals surface area contributed by atoms with Crippen LogP contribution in [0.1, 0.15) is 20.3 Å². The quantitative estimate of drug-likeness (QED) is 0.454. The molecular formula is C22H37Cl2NZr. The van der Waals surface area contributed by atoms with Gasteiger partial charge in [0.2, 0.25) is 0 Å². The number of rotatable bonds is 2. The van der Waals surface area contributed by atoms with Crippen LogP contribution in [0.15, 0.2) is 51.8 Å². The zero-order chi connectivity index (χ0) is 18.3. The summed E-state index contributed by atoms with van der Waals surface area (Å²) in [6.07, 6.45) is 7.93. The molecule has 0 bridgehead atoms. The Morgan fingerprint density at radius 2 is 1.50 bits per heavy atom. The maximum Gasteiger partial charge on any atom is -0.147 e. The van der Waals surface area contributed by atoms with Gasteiger partial charge in [-0.25, -0.2) is 0 Å². The van der Waals surface area contributed by atoms with Gasteiger partial charge in [0, 0.05) is 0 Å². The molecule has 0 fully saturated rings. The van der Waals surface area contributed by atoms with Gasteiger partial charge in [0.15, 0.2) is 0 Å². The molecule has 2 aromatic rings. The minimum Gasteiger partial charge on any atom is -0.147 e. The fourth-order valence-corrected chi connectivity index (χ4v) is 20.5. The van der Waals surface area contributed by atoms with E-state index in [1.54, 1.807) is 3.28 Å². The zero-order valence-corrected chi connectivity index (χ0v) is 21.7. The molecule has 1 aromatic carbocycles. The molecule has 0 saturated carbocycles. The first kappa shape index (κ1) is 23.6. The van der Waals surface area contributed by atoms with Gasteiger partial charge < -0.3 is 0 Å².